The van der Waals surface area contributed by atoms with Crippen LogP contribution in [-0.2, 0) is 19.4 Å². The van der Waals surface area contributed by atoms with Crippen molar-refractivity contribution in [2.45, 2.75) is 26.3 Å². The summed E-state index contributed by atoms with van der Waals surface area (Å²) in [5, 5.41) is 14.6. The SMILES string of the molecule is Cc1cc(C(=O)O)nn1Cc1ccccc1CCc1ccc(Cl)cc1Cl. The maximum atomic E-state index is 11.1. The average Bonchev–Trinajstić information content (AvgIpc) is 2.96. The molecule has 1 N–H and O–H groups in total. The molecule has 0 bridgehead atoms. The molecule has 0 amide bonds. The number of aryl methyl sites for hydroxylation is 3. The summed E-state index contributed by atoms with van der Waals surface area (Å²) < 4.78 is 1.72. The van der Waals surface area contributed by atoms with Crippen LogP contribution in [0.5, 0.6) is 0 Å². The normalized spacial score (nSPS) is 10.9. The highest BCUT2D eigenvalue weighted by molar-refractivity contribution is 6.35. The molecule has 0 aliphatic heterocycles. The van der Waals surface area contributed by atoms with Gasteiger partial charge in [-0.05, 0) is 54.7 Å². The number of rotatable bonds is 6. The van der Waals surface area contributed by atoms with E-state index in [1.54, 1.807) is 16.8 Å². The Balaban J connectivity index is 1.79. The molecule has 0 saturated carbocycles. The number of hydrogen-bond acceptors (Lipinski definition) is 2. The van der Waals surface area contributed by atoms with Crippen molar-refractivity contribution < 1.29 is 9.90 Å². The first-order chi connectivity index (χ1) is 12.4. The van der Waals surface area contributed by atoms with Gasteiger partial charge in [0, 0.05) is 15.7 Å². The lowest BCUT2D eigenvalue weighted by Crippen LogP contribution is -2.08. The first kappa shape index (κ1) is 18.5. The molecule has 0 saturated heterocycles. The quantitative estimate of drug-likeness (QED) is 0.643. The van der Waals surface area contributed by atoms with Crippen LogP contribution in [0.25, 0.3) is 0 Å². The minimum atomic E-state index is -1.02. The maximum absolute atomic E-state index is 11.1. The number of hydrogen-bond donors (Lipinski definition) is 1. The summed E-state index contributed by atoms with van der Waals surface area (Å²) in [6.07, 6.45) is 1.62. The maximum Gasteiger partial charge on any atom is 0.356 e. The first-order valence-electron chi connectivity index (χ1n) is 8.22. The van der Waals surface area contributed by atoms with Gasteiger partial charge in [-0.1, -0.05) is 53.5 Å². The number of nitrogens with zero attached hydrogens (tertiary/aromatic N) is 2. The molecule has 0 fully saturated rings. The second kappa shape index (κ2) is 7.94. The molecule has 4 nitrogen and oxygen atoms in total. The lowest BCUT2D eigenvalue weighted by atomic mass is 9.99. The molecular formula is C20H18Cl2N2O2. The fourth-order valence-corrected chi connectivity index (χ4v) is 3.39. The second-order valence-electron chi connectivity index (χ2n) is 6.14. The third-order valence-electron chi connectivity index (χ3n) is 4.32. The van der Waals surface area contributed by atoms with E-state index < -0.39 is 5.97 Å². The molecule has 0 radical (unpaired) electrons. The van der Waals surface area contributed by atoms with Crippen molar-refractivity contribution in [2.24, 2.45) is 0 Å². The van der Waals surface area contributed by atoms with Crippen LogP contribution >= 0.6 is 23.2 Å². The molecule has 0 aliphatic rings. The summed E-state index contributed by atoms with van der Waals surface area (Å²) in [6, 6.07) is 15.2. The molecule has 3 rings (SSSR count). The van der Waals surface area contributed by atoms with Gasteiger partial charge in [0.15, 0.2) is 5.69 Å². The molecule has 0 aliphatic carbocycles. The molecular weight excluding hydrogens is 371 g/mol. The zero-order valence-corrected chi connectivity index (χ0v) is 15.8. The number of carboxylic acid groups (broad SMARTS) is 1. The van der Waals surface area contributed by atoms with Crippen LogP contribution in [0.3, 0.4) is 0 Å². The van der Waals surface area contributed by atoms with Crippen LogP contribution in [0, 0.1) is 6.92 Å². The van der Waals surface area contributed by atoms with Gasteiger partial charge >= 0.3 is 5.97 Å². The third-order valence-corrected chi connectivity index (χ3v) is 4.90. The number of aromatic carboxylic acids is 1. The molecule has 3 aromatic rings. The lowest BCUT2D eigenvalue weighted by molar-refractivity contribution is 0.0689. The highest BCUT2D eigenvalue weighted by Crippen LogP contribution is 2.23. The van der Waals surface area contributed by atoms with Crippen LogP contribution in [0.4, 0.5) is 0 Å². The fourth-order valence-electron chi connectivity index (χ4n) is 2.89. The average molecular weight is 389 g/mol. The van der Waals surface area contributed by atoms with E-state index in [1.807, 2.05) is 37.3 Å². The van der Waals surface area contributed by atoms with Gasteiger partial charge in [-0.15, -0.1) is 0 Å². The number of benzene rings is 2. The molecule has 0 unspecified atom stereocenters. The van der Waals surface area contributed by atoms with E-state index in [2.05, 4.69) is 11.2 Å². The topological polar surface area (TPSA) is 55.1 Å². The first-order valence-corrected chi connectivity index (χ1v) is 8.98. The molecule has 1 heterocycles. The molecule has 2 aromatic carbocycles. The van der Waals surface area contributed by atoms with Crippen molar-refractivity contribution in [1.82, 2.24) is 9.78 Å². The summed E-state index contributed by atoms with van der Waals surface area (Å²) >= 11 is 12.2. The summed E-state index contributed by atoms with van der Waals surface area (Å²) in [5.74, 6) is -1.02. The molecule has 0 atom stereocenters. The van der Waals surface area contributed by atoms with Gasteiger partial charge in [0.25, 0.3) is 0 Å². The number of aromatic nitrogens is 2. The Bertz CT molecular complexity index is 951. The van der Waals surface area contributed by atoms with Crippen molar-refractivity contribution in [3.8, 4) is 0 Å². The zero-order chi connectivity index (χ0) is 18.7. The Hall–Kier alpha value is -2.30. The van der Waals surface area contributed by atoms with E-state index in [0.717, 1.165) is 29.7 Å². The van der Waals surface area contributed by atoms with E-state index in [1.165, 1.54) is 5.56 Å². The Labute approximate surface area is 162 Å². The van der Waals surface area contributed by atoms with Crippen molar-refractivity contribution in [3.63, 3.8) is 0 Å². The summed E-state index contributed by atoms with van der Waals surface area (Å²) in [5.41, 5.74) is 4.23. The Morgan fingerprint density at radius 3 is 2.38 bits per heavy atom. The molecule has 1 aromatic heterocycles. The number of carbonyl (C=O) groups is 1. The summed E-state index contributed by atoms with van der Waals surface area (Å²) in [7, 11) is 0. The standard InChI is InChI=1S/C20H18Cl2N2O2/c1-13-10-19(20(25)26)23-24(13)12-16-5-3-2-4-14(16)6-7-15-8-9-17(21)11-18(15)22/h2-5,8-11H,6-7,12H2,1H3,(H,25,26). The van der Waals surface area contributed by atoms with Gasteiger partial charge in [-0.25, -0.2) is 4.79 Å². The van der Waals surface area contributed by atoms with E-state index in [9.17, 15) is 4.79 Å². The van der Waals surface area contributed by atoms with Crippen molar-refractivity contribution >= 4 is 29.2 Å². The Morgan fingerprint density at radius 1 is 1.04 bits per heavy atom. The van der Waals surface area contributed by atoms with Crippen molar-refractivity contribution in [3.05, 3.63) is 86.7 Å². The summed E-state index contributed by atoms with van der Waals surface area (Å²) in [4.78, 5) is 11.1. The van der Waals surface area contributed by atoms with Crippen molar-refractivity contribution in [1.29, 1.82) is 0 Å². The van der Waals surface area contributed by atoms with Gasteiger partial charge in [-0.2, -0.15) is 5.10 Å². The van der Waals surface area contributed by atoms with Gasteiger partial charge in [0.1, 0.15) is 0 Å². The predicted molar refractivity (Wildman–Crippen MR) is 103 cm³/mol. The highest BCUT2D eigenvalue weighted by atomic mass is 35.5. The van der Waals surface area contributed by atoms with Crippen LogP contribution in [0.15, 0.2) is 48.5 Å². The van der Waals surface area contributed by atoms with Crippen LogP contribution in [0.1, 0.15) is 32.9 Å². The molecule has 0 spiro atoms. The van der Waals surface area contributed by atoms with E-state index in [4.69, 9.17) is 28.3 Å². The number of halogens is 2. The zero-order valence-electron chi connectivity index (χ0n) is 14.2. The Kier molecular flexibility index (Phi) is 5.64. The molecule has 134 valence electrons. The molecule has 26 heavy (non-hydrogen) atoms. The van der Waals surface area contributed by atoms with Gasteiger partial charge < -0.3 is 5.11 Å². The Morgan fingerprint density at radius 2 is 1.73 bits per heavy atom. The lowest BCUT2D eigenvalue weighted by Gasteiger charge is -2.12. The molecule has 6 heteroatoms. The van der Waals surface area contributed by atoms with Gasteiger partial charge in [0.2, 0.25) is 0 Å². The van der Waals surface area contributed by atoms with Gasteiger partial charge in [-0.3, -0.25) is 4.68 Å². The third kappa shape index (κ3) is 4.26. The van der Waals surface area contributed by atoms with Crippen LogP contribution in [-0.4, -0.2) is 20.9 Å². The minimum absolute atomic E-state index is 0.0629. The van der Waals surface area contributed by atoms with E-state index in [0.29, 0.717) is 16.6 Å². The van der Waals surface area contributed by atoms with E-state index in [-0.39, 0.29) is 5.69 Å². The van der Waals surface area contributed by atoms with Crippen LogP contribution < -0.4 is 0 Å². The van der Waals surface area contributed by atoms with Gasteiger partial charge in [0.05, 0.1) is 6.54 Å². The predicted octanol–water partition coefficient (Wildman–Crippen LogP) is 5.03. The monoisotopic (exact) mass is 388 g/mol. The van der Waals surface area contributed by atoms with Crippen molar-refractivity contribution in [2.75, 3.05) is 0 Å². The number of carboxylic acids is 1. The highest BCUT2D eigenvalue weighted by Gasteiger charge is 2.12. The largest absolute Gasteiger partial charge is 0.476 e. The smallest absolute Gasteiger partial charge is 0.356 e. The fraction of sp³-hybridized carbons (Fsp3) is 0.200. The minimum Gasteiger partial charge on any atom is -0.476 e. The summed E-state index contributed by atoms with van der Waals surface area (Å²) in [6.45, 7) is 2.39. The van der Waals surface area contributed by atoms with Crippen LogP contribution in [0.2, 0.25) is 10.0 Å². The van der Waals surface area contributed by atoms with E-state index >= 15 is 0 Å². The second-order valence-corrected chi connectivity index (χ2v) is 6.98.